The highest BCUT2D eigenvalue weighted by molar-refractivity contribution is 7.09. The van der Waals surface area contributed by atoms with Crippen LogP contribution in [0.3, 0.4) is 0 Å². The van der Waals surface area contributed by atoms with E-state index in [2.05, 4.69) is 60.5 Å². The molecule has 0 atom stereocenters. The molecule has 2 heterocycles. The van der Waals surface area contributed by atoms with E-state index >= 15 is 0 Å². The fourth-order valence-electron chi connectivity index (χ4n) is 3.19. The van der Waals surface area contributed by atoms with Crippen molar-refractivity contribution in [2.24, 2.45) is 5.92 Å². The van der Waals surface area contributed by atoms with E-state index in [0.717, 1.165) is 11.6 Å². The van der Waals surface area contributed by atoms with Crippen molar-refractivity contribution in [1.29, 1.82) is 0 Å². The van der Waals surface area contributed by atoms with Gasteiger partial charge >= 0.3 is 0 Å². The molecule has 2 aromatic rings. The van der Waals surface area contributed by atoms with Crippen LogP contribution in [0.25, 0.3) is 12.2 Å². The fourth-order valence-corrected chi connectivity index (χ4v) is 4.15. The summed E-state index contributed by atoms with van der Waals surface area (Å²) in [5.41, 5.74) is 2.32. The molecule has 3 rings (SSSR count). The summed E-state index contributed by atoms with van der Waals surface area (Å²) in [4.78, 5) is 7.45. The molecule has 0 amide bonds. The number of rotatable bonds is 5. The van der Waals surface area contributed by atoms with Gasteiger partial charge in [-0.25, -0.2) is 4.98 Å². The Morgan fingerprint density at radius 1 is 1.17 bits per heavy atom. The van der Waals surface area contributed by atoms with Gasteiger partial charge in [0.1, 0.15) is 0 Å². The number of thiazole rings is 1. The highest BCUT2D eigenvalue weighted by Gasteiger charge is 2.22. The van der Waals surface area contributed by atoms with E-state index in [-0.39, 0.29) is 0 Å². The predicted molar refractivity (Wildman–Crippen MR) is 101 cm³/mol. The highest BCUT2D eigenvalue weighted by Crippen LogP contribution is 2.30. The van der Waals surface area contributed by atoms with Crippen LogP contribution in [0, 0.1) is 5.92 Å². The summed E-state index contributed by atoms with van der Waals surface area (Å²) in [5, 5.41) is 3.51. The van der Waals surface area contributed by atoms with Gasteiger partial charge in [0.15, 0.2) is 0 Å². The number of hydrogen-bond donors (Lipinski definition) is 0. The first-order valence-corrected chi connectivity index (χ1v) is 9.49. The van der Waals surface area contributed by atoms with Crippen molar-refractivity contribution < 1.29 is 0 Å². The molecule has 0 aliphatic carbocycles. The second kappa shape index (κ2) is 7.89. The predicted octanol–water partition coefficient (Wildman–Crippen LogP) is 5.15. The molecule has 0 unspecified atom stereocenters. The van der Waals surface area contributed by atoms with Crippen LogP contribution in [-0.2, 0) is 0 Å². The van der Waals surface area contributed by atoms with Gasteiger partial charge in [0, 0.05) is 17.8 Å². The number of likely N-dealkylation sites (tertiary alicyclic amines) is 1. The molecule has 0 N–H and O–H groups in total. The summed E-state index contributed by atoms with van der Waals surface area (Å²) in [6.07, 6.45) is 6.78. The lowest BCUT2D eigenvalue weighted by Gasteiger charge is -2.32. The molecule has 0 radical (unpaired) electrons. The van der Waals surface area contributed by atoms with Gasteiger partial charge in [0.25, 0.3) is 0 Å². The van der Waals surface area contributed by atoms with Gasteiger partial charge < -0.3 is 4.90 Å². The van der Waals surface area contributed by atoms with Crippen molar-refractivity contribution in [3.63, 3.8) is 0 Å². The first-order valence-electron chi connectivity index (χ1n) is 8.61. The first-order chi connectivity index (χ1) is 11.2. The van der Waals surface area contributed by atoms with E-state index < -0.39 is 0 Å². The van der Waals surface area contributed by atoms with Crippen LogP contribution in [0.4, 0.5) is 0 Å². The minimum absolute atomic E-state index is 0.655. The quantitative estimate of drug-likeness (QED) is 0.755. The molecule has 3 heteroatoms. The van der Waals surface area contributed by atoms with Crippen LogP contribution in [0.1, 0.15) is 48.9 Å². The molecule has 1 aromatic carbocycles. The third-order valence-electron chi connectivity index (χ3n) is 4.35. The van der Waals surface area contributed by atoms with Gasteiger partial charge in [-0.15, -0.1) is 11.3 Å². The normalized spacial score (nSPS) is 17.3. The van der Waals surface area contributed by atoms with Crippen molar-refractivity contribution in [1.82, 2.24) is 9.88 Å². The smallest absolute Gasteiger partial charge is 0.0964 e. The van der Waals surface area contributed by atoms with Crippen molar-refractivity contribution in [2.75, 3.05) is 19.6 Å². The Morgan fingerprint density at radius 2 is 1.91 bits per heavy atom. The molecule has 1 aliphatic rings. The molecule has 0 bridgehead atoms. The number of benzene rings is 1. The van der Waals surface area contributed by atoms with Gasteiger partial charge in [-0.05, 0) is 43.5 Å². The molecule has 2 nitrogen and oxygen atoms in total. The zero-order valence-corrected chi connectivity index (χ0v) is 14.9. The van der Waals surface area contributed by atoms with Crippen molar-refractivity contribution in [3.8, 4) is 0 Å². The summed E-state index contributed by atoms with van der Waals surface area (Å²) in [6, 6.07) is 10.4. The Labute approximate surface area is 143 Å². The highest BCUT2D eigenvalue weighted by atomic mass is 32.1. The largest absolute Gasteiger partial charge is 0.303 e. The van der Waals surface area contributed by atoms with Crippen LogP contribution < -0.4 is 0 Å². The van der Waals surface area contributed by atoms with E-state index in [1.165, 1.54) is 43.0 Å². The average Bonchev–Trinajstić information content (AvgIpc) is 3.03. The summed E-state index contributed by atoms with van der Waals surface area (Å²) >= 11 is 1.83. The molecule has 122 valence electrons. The molecule has 1 aliphatic heterocycles. The van der Waals surface area contributed by atoms with Gasteiger partial charge in [-0.2, -0.15) is 0 Å². The third kappa shape index (κ3) is 4.76. The molecule has 23 heavy (non-hydrogen) atoms. The number of piperidine rings is 1. The van der Waals surface area contributed by atoms with Gasteiger partial charge in [-0.1, -0.05) is 50.3 Å². The fraction of sp³-hybridized carbons (Fsp3) is 0.450. The summed E-state index contributed by atoms with van der Waals surface area (Å²) in [5.74, 6) is 1.42. The molecular weight excluding hydrogens is 300 g/mol. The number of aromatic nitrogens is 1. The van der Waals surface area contributed by atoms with E-state index in [0.29, 0.717) is 5.92 Å². The lowest BCUT2D eigenvalue weighted by molar-refractivity contribution is 0.192. The SMILES string of the molecule is CC(C)CN1CCC(c2nc(C=Cc3ccccc3)cs2)CC1. The molecule has 1 saturated heterocycles. The Hall–Kier alpha value is -1.45. The van der Waals surface area contributed by atoms with Crippen molar-refractivity contribution in [3.05, 3.63) is 52.0 Å². The number of nitrogens with zero attached hydrogens (tertiary/aromatic N) is 2. The van der Waals surface area contributed by atoms with Crippen molar-refractivity contribution in [2.45, 2.75) is 32.6 Å². The lowest BCUT2D eigenvalue weighted by Crippen LogP contribution is -2.35. The minimum Gasteiger partial charge on any atom is -0.303 e. The molecule has 1 fully saturated rings. The Morgan fingerprint density at radius 3 is 2.61 bits per heavy atom. The maximum Gasteiger partial charge on any atom is 0.0964 e. The zero-order chi connectivity index (χ0) is 16.1. The molecule has 0 spiro atoms. The average molecular weight is 327 g/mol. The van der Waals surface area contributed by atoms with E-state index in [4.69, 9.17) is 4.98 Å². The van der Waals surface area contributed by atoms with Crippen LogP contribution in [0.2, 0.25) is 0 Å². The topological polar surface area (TPSA) is 16.1 Å². The lowest BCUT2D eigenvalue weighted by atomic mass is 9.97. The summed E-state index contributed by atoms with van der Waals surface area (Å²) in [7, 11) is 0. The van der Waals surface area contributed by atoms with E-state index in [1.54, 1.807) is 0 Å². The Bertz CT molecular complexity index is 622. The van der Waals surface area contributed by atoms with E-state index in [9.17, 15) is 0 Å². The number of hydrogen-bond acceptors (Lipinski definition) is 3. The molecule has 1 aromatic heterocycles. The van der Waals surface area contributed by atoms with E-state index in [1.807, 2.05) is 17.4 Å². The Balaban J connectivity index is 1.57. The maximum absolute atomic E-state index is 4.85. The van der Waals surface area contributed by atoms with Crippen LogP contribution in [-0.4, -0.2) is 29.5 Å². The second-order valence-corrected chi connectivity index (χ2v) is 7.71. The molecular formula is C20H26N2S. The first kappa shape index (κ1) is 16.4. The van der Waals surface area contributed by atoms with Gasteiger partial charge in [-0.3, -0.25) is 0 Å². The Kier molecular flexibility index (Phi) is 5.63. The van der Waals surface area contributed by atoms with Crippen LogP contribution in [0.5, 0.6) is 0 Å². The van der Waals surface area contributed by atoms with Gasteiger partial charge in [0.05, 0.1) is 10.7 Å². The van der Waals surface area contributed by atoms with Crippen LogP contribution in [0.15, 0.2) is 35.7 Å². The summed E-state index contributed by atoms with van der Waals surface area (Å²) in [6.45, 7) is 8.28. The van der Waals surface area contributed by atoms with Crippen LogP contribution >= 0.6 is 11.3 Å². The zero-order valence-electron chi connectivity index (χ0n) is 14.1. The molecule has 0 saturated carbocycles. The van der Waals surface area contributed by atoms with Crippen molar-refractivity contribution >= 4 is 23.5 Å². The second-order valence-electron chi connectivity index (χ2n) is 6.82. The minimum atomic E-state index is 0.655. The standard InChI is InChI=1S/C20H26N2S/c1-16(2)14-22-12-10-18(11-13-22)20-21-19(15-23-20)9-8-17-6-4-3-5-7-17/h3-9,15-16,18H,10-14H2,1-2H3. The third-order valence-corrected chi connectivity index (χ3v) is 5.37. The van der Waals surface area contributed by atoms with Gasteiger partial charge in [0.2, 0.25) is 0 Å². The maximum atomic E-state index is 4.85. The monoisotopic (exact) mass is 326 g/mol. The summed E-state index contributed by atoms with van der Waals surface area (Å²) < 4.78 is 0.